The van der Waals surface area contributed by atoms with E-state index in [0.29, 0.717) is 6.54 Å². The Morgan fingerprint density at radius 3 is 2.38 bits per heavy atom. The van der Waals surface area contributed by atoms with E-state index in [0.717, 1.165) is 0 Å². The summed E-state index contributed by atoms with van der Waals surface area (Å²) in [5.74, 6) is 0. The van der Waals surface area contributed by atoms with Gasteiger partial charge in [0.15, 0.2) is 0 Å². The van der Waals surface area contributed by atoms with Crippen molar-refractivity contribution in [2.24, 2.45) is 0 Å². The average molecular weight is 231 g/mol. The molecule has 1 N–H and O–H groups in total. The zero-order chi connectivity index (χ0) is 11.6. The first kappa shape index (κ1) is 11.4. The van der Waals surface area contributed by atoms with Crippen LogP contribution in [0.3, 0.4) is 0 Å². The van der Waals surface area contributed by atoms with Crippen LogP contribution in [0.4, 0.5) is 13.2 Å². The van der Waals surface area contributed by atoms with E-state index in [2.05, 4.69) is 5.32 Å². The summed E-state index contributed by atoms with van der Waals surface area (Å²) in [6, 6.07) is 7.74. The predicted octanol–water partition coefficient (Wildman–Crippen LogP) is 2.06. The van der Waals surface area contributed by atoms with E-state index in [1.165, 1.54) is 12.1 Å². The van der Waals surface area contributed by atoms with Crippen LogP contribution < -0.4 is 5.32 Å². The van der Waals surface area contributed by atoms with E-state index in [1.807, 2.05) is 0 Å². The Morgan fingerprint density at radius 2 is 1.88 bits per heavy atom. The molecule has 0 saturated carbocycles. The largest absolute Gasteiger partial charge is 0.422 e. The highest BCUT2D eigenvalue weighted by Crippen LogP contribution is 2.42. The zero-order valence-electron chi connectivity index (χ0n) is 8.55. The van der Waals surface area contributed by atoms with Crippen molar-refractivity contribution >= 4 is 0 Å². The lowest BCUT2D eigenvalue weighted by atomic mass is 9.91. The molecule has 0 radical (unpaired) electrons. The maximum absolute atomic E-state index is 13.1. The van der Waals surface area contributed by atoms with Crippen molar-refractivity contribution in [3.63, 3.8) is 0 Å². The molecule has 88 valence electrons. The number of halogens is 3. The summed E-state index contributed by atoms with van der Waals surface area (Å²) in [6.45, 7) is 0.277. The molecule has 1 aromatic rings. The molecule has 5 heteroatoms. The van der Waals surface area contributed by atoms with Crippen molar-refractivity contribution in [2.75, 3.05) is 19.7 Å². The molecule has 0 bridgehead atoms. The molecule has 1 unspecified atom stereocenters. The Hall–Kier alpha value is -1.07. The zero-order valence-corrected chi connectivity index (χ0v) is 8.55. The molecular weight excluding hydrogens is 219 g/mol. The van der Waals surface area contributed by atoms with Gasteiger partial charge in [-0.2, -0.15) is 13.2 Å². The number of hydrogen-bond donors (Lipinski definition) is 1. The molecule has 1 fully saturated rings. The van der Waals surface area contributed by atoms with Gasteiger partial charge in [-0.15, -0.1) is 0 Å². The summed E-state index contributed by atoms with van der Waals surface area (Å²) in [6.07, 6.45) is -4.41. The third kappa shape index (κ3) is 1.81. The van der Waals surface area contributed by atoms with Crippen molar-refractivity contribution < 1.29 is 17.9 Å². The van der Waals surface area contributed by atoms with E-state index in [9.17, 15) is 13.2 Å². The number of hydrogen-bond acceptors (Lipinski definition) is 2. The van der Waals surface area contributed by atoms with Crippen molar-refractivity contribution in [2.45, 2.75) is 11.8 Å². The minimum absolute atomic E-state index is 0.0639. The van der Waals surface area contributed by atoms with Crippen LogP contribution in [0.15, 0.2) is 30.3 Å². The molecule has 0 amide bonds. The van der Waals surface area contributed by atoms with Gasteiger partial charge in [0.1, 0.15) is 0 Å². The second kappa shape index (κ2) is 4.07. The number of benzene rings is 1. The van der Waals surface area contributed by atoms with Crippen LogP contribution in [0.1, 0.15) is 5.56 Å². The van der Waals surface area contributed by atoms with Gasteiger partial charge in [0.25, 0.3) is 0 Å². The third-order valence-corrected chi connectivity index (χ3v) is 2.70. The van der Waals surface area contributed by atoms with Crippen molar-refractivity contribution in [3.8, 4) is 0 Å². The molecule has 1 heterocycles. The van der Waals surface area contributed by atoms with Crippen LogP contribution in [0.2, 0.25) is 0 Å². The van der Waals surface area contributed by atoms with E-state index >= 15 is 0 Å². The first-order valence-electron chi connectivity index (χ1n) is 5.03. The van der Waals surface area contributed by atoms with E-state index < -0.39 is 11.8 Å². The molecule has 0 spiro atoms. The monoisotopic (exact) mass is 231 g/mol. The quantitative estimate of drug-likeness (QED) is 0.798. The Labute approximate surface area is 91.4 Å². The lowest BCUT2D eigenvalue weighted by Crippen LogP contribution is -2.56. The number of nitrogens with one attached hydrogen (secondary N) is 1. The van der Waals surface area contributed by atoms with Gasteiger partial charge in [-0.25, -0.2) is 0 Å². The number of alkyl halides is 3. The summed E-state index contributed by atoms with van der Waals surface area (Å²) in [5, 5.41) is 2.74. The lowest BCUT2D eigenvalue weighted by molar-refractivity contribution is -0.290. The van der Waals surface area contributed by atoms with Gasteiger partial charge in [-0.1, -0.05) is 30.3 Å². The average Bonchev–Trinajstić information content (AvgIpc) is 2.30. The Bertz CT molecular complexity index is 344. The van der Waals surface area contributed by atoms with E-state index in [1.54, 1.807) is 18.2 Å². The maximum atomic E-state index is 13.1. The van der Waals surface area contributed by atoms with Gasteiger partial charge in [0, 0.05) is 13.1 Å². The normalized spacial score (nSPS) is 26.7. The number of morpholine rings is 1. The van der Waals surface area contributed by atoms with Gasteiger partial charge in [-0.05, 0) is 5.56 Å². The Balaban J connectivity index is 2.42. The first-order valence-corrected chi connectivity index (χ1v) is 5.03. The summed E-state index contributed by atoms with van der Waals surface area (Å²) in [5.41, 5.74) is -2.05. The second-order valence-electron chi connectivity index (χ2n) is 3.72. The SMILES string of the molecule is FC(F)(F)C1(c2ccccc2)CNCCO1. The molecule has 1 atom stereocenters. The highest BCUT2D eigenvalue weighted by Gasteiger charge is 2.57. The highest BCUT2D eigenvalue weighted by molar-refractivity contribution is 5.25. The van der Waals surface area contributed by atoms with Crippen LogP contribution in [-0.4, -0.2) is 25.9 Å². The third-order valence-electron chi connectivity index (χ3n) is 2.70. The van der Waals surface area contributed by atoms with Crippen molar-refractivity contribution in [3.05, 3.63) is 35.9 Å². The molecule has 1 aliphatic rings. The molecular formula is C11H12F3NO. The summed E-state index contributed by atoms with van der Waals surface area (Å²) >= 11 is 0. The standard InChI is InChI=1S/C11H12F3NO/c12-11(13,14)10(8-15-6-7-16-10)9-4-2-1-3-5-9/h1-5,15H,6-8H2. The molecule has 1 aliphatic heterocycles. The van der Waals surface area contributed by atoms with Crippen molar-refractivity contribution in [1.29, 1.82) is 0 Å². The van der Waals surface area contributed by atoms with Crippen LogP contribution in [0.25, 0.3) is 0 Å². The first-order chi connectivity index (χ1) is 7.56. The lowest BCUT2D eigenvalue weighted by Gasteiger charge is -2.39. The Morgan fingerprint density at radius 1 is 1.19 bits per heavy atom. The highest BCUT2D eigenvalue weighted by atomic mass is 19.4. The van der Waals surface area contributed by atoms with E-state index in [-0.39, 0.29) is 18.7 Å². The number of rotatable bonds is 1. The predicted molar refractivity (Wildman–Crippen MR) is 53.0 cm³/mol. The van der Waals surface area contributed by atoms with Gasteiger partial charge in [0.05, 0.1) is 6.61 Å². The van der Waals surface area contributed by atoms with Gasteiger partial charge >= 0.3 is 6.18 Å². The molecule has 2 rings (SSSR count). The molecule has 1 saturated heterocycles. The summed E-state index contributed by atoms with van der Waals surface area (Å²) < 4.78 is 44.4. The number of ether oxygens (including phenoxy) is 1. The van der Waals surface area contributed by atoms with Crippen molar-refractivity contribution in [1.82, 2.24) is 5.32 Å². The molecule has 0 aliphatic carbocycles. The van der Waals surface area contributed by atoms with Crippen LogP contribution >= 0.6 is 0 Å². The maximum Gasteiger partial charge on any atom is 0.422 e. The smallest absolute Gasteiger partial charge is 0.358 e. The van der Waals surface area contributed by atoms with E-state index in [4.69, 9.17) is 4.74 Å². The molecule has 2 nitrogen and oxygen atoms in total. The topological polar surface area (TPSA) is 21.3 Å². The second-order valence-corrected chi connectivity index (χ2v) is 3.72. The Kier molecular flexibility index (Phi) is 2.90. The minimum atomic E-state index is -4.41. The van der Waals surface area contributed by atoms with Crippen LogP contribution in [-0.2, 0) is 10.3 Å². The van der Waals surface area contributed by atoms with Gasteiger partial charge in [-0.3, -0.25) is 0 Å². The fourth-order valence-corrected chi connectivity index (χ4v) is 1.85. The van der Waals surface area contributed by atoms with Crippen LogP contribution in [0, 0.1) is 0 Å². The molecule has 16 heavy (non-hydrogen) atoms. The van der Waals surface area contributed by atoms with Crippen LogP contribution in [0.5, 0.6) is 0 Å². The fraction of sp³-hybridized carbons (Fsp3) is 0.455. The van der Waals surface area contributed by atoms with Gasteiger partial charge in [0.2, 0.25) is 5.60 Å². The fourth-order valence-electron chi connectivity index (χ4n) is 1.85. The minimum Gasteiger partial charge on any atom is -0.358 e. The molecule has 1 aromatic carbocycles. The molecule has 0 aromatic heterocycles. The summed E-state index contributed by atoms with van der Waals surface area (Å²) in [7, 11) is 0. The van der Waals surface area contributed by atoms with Gasteiger partial charge < -0.3 is 10.1 Å². The summed E-state index contributed by atoms with van der Waals surface area (Å²) in [4.78, 5) is 0.